The van der Waals surface area contributed by atoms with Gasteiger partial charge in [0.15, 0.2) is 0 Å². The van der Waals surface area contributed by atoms with E-state index in [0.29, 0.717) is 34.7 Å². The number of alkyl carbamates (subject to hydrolysis) is 1. The van der Waals surface area contributed by atoms with Crippen LogP contribution in [0.4, 0.5) is 4.79 Å². The van der Waals surface area contributed by atoms with Crippen LogP contribution in [-0.2, 0) is 25.5 Å². The van der Waals surface area contributed by atoms with Gasteiger partial charge in [-0.3, -0.25) is 4.79 Å². The van der Waals surface area contributed by atoms with Crippen LogP contribution in [0.25, 0.3) is 10.9 Å². The van der Waals surface area contributed by atoms with Crippen molar-refractivity contribution in [3.05, 3.63) is 29.8 Å². The fraction of sp³-hybridized carbons (Fsp3) is 0.647. The van der Waals surface area contributed by atoms with Gasteiger partial charge in [0.05, 0.1) is 24.7 Å². The van der Waals surface area contributed by atoms with Crippen LogP contribution in [0.3, 0.4) is 0 Å². The maximum absolute atomic E-state index is 14.4. The molecule has 1 aliphatic heterocycles. The summed E-state index contributed by atoms with van der Waals surface area (Å²) in [6.45, 7) is 6.30. The molecule has 1 aromatic carbocycles. The van der Waals surface area contributed by atoms with E-state index in [1.165, 1.54) is 12.0 Å². The Kier molecular flexibility index (Phi) is 9.85. The highest BCUT2D eigenvalue weighted by molar-refractivity contribution is 5.91. The standard InChI is InChI=1S/C34H47N3O7/c1-5-6-8-14-24-28(38)23-13-9-10-15-25(23)35-30(24)43-22-19-26(32(40)42-4)37(20-22)31(39)29(34(3)16-11-7-12-17-34)36-33(41)44-27-18-21(27)2/h9-10,13,15,21-22,26-27,29H,5-8,11-12,14,16-20H2,1-4H3,(H,35,38)(H,36,41)/t21?,22-,26+,27-,29-/m1/s1. The van der Waals surface area contributed by atoms with Crippen molar-refractivity contribution in [3.8, 4) is 11.6 Å². The number of amides is 2. The summed E-state index contributed by atoms with van der Waals surface area (Å²) in [6, 6.07) is 5.63. The number of benzene rings is 1. The van der Waals surface area contributed by atoms with Crippen molar-refractivity contribution in [2.45, 2.75) is 116 Å². The molecule has 10 heteroatoms. The molecule has 44 heavy (non-hydrogen) atoms. The summed E-state index contributed by atoms with van der Waals surface area (Å²) in [6.07, 6.45) is 7.76. The van der Waals surface area contributed by atoms with Crippen LogP contribution in [0.5, 0.6) is 11.6 Å². The number of nitrogens with zero attached hydrogens (tertiary/aromatic N) is 2. The van der Waals surface area contributed by atoms with Crippen molar-refractivity contribution < 1.29 is 33.7 Å². The number of carbonyl (C=O) groups excluding carboxylic acids is 3. The molecule has 2 N–H and O–H groups in total. The molecule has 3 aliphatic rings. The highest BCUT2D eigenvalue weighted by Gasteiger charge is 2.49. The summed E-state index contributed by atoms with van der Waals surface area (Å²) in [4.78, 5) is 46.7. The number of aromatic nitrogens is 1. The molecule has 0 bridgehead atoms. The summed E-state index contributed by atoms with van der Waals surface area (Å²) in [5.74, 6) is -0.0974. The number of likely N-dealkylation sites (tertiary alicyclic amines) is 1. The fourth-order valence-corrected chi connectivity index (χ4v) is 6.82. The van der Waals surface area contributed by atoms with E-state index in [2.05, 4.69) is 12.2 Å². The summed E-state index contributed by atoms with van der Waals surface area (Å²) >= 11 is 0. The Morgan fingerprint density at radius 2 is 1.86 bits per heavy atom. The number of methoxy groups -OCH3 is 1. The second kappa shape index (κ2) is 13.6. The molecule has 2 aliphatic carbocycles. The van der Waals surface area contributed by atoms with Gasteiger partial charge in [-0.05, 0) is 55.6 Å². The van der Waals surface area contributed by atoms with E-state index in [1.807, 2.05) is 38.1 Å². The summed E-state index contributed by atoms with van der Waals surface area (Å²) < 4.78 is 17.2. The van der Waals surface area contributed by atoms with Crippen LogP contribution < -0.4 is 10.1 Å². The first kappa shape index (κ1) is 31.9. The zero-order chi connectivity index (χ0) is 31.4. The van der Waals surface area contributed by atoms with E-state index < -0.39 is 35.7 Å². The van der Waals surface area contributed by atoms with Gasteiger partial charge in [-0.2, -0.15) is 0 Å². The van der Waals surface area contributed by atoms with Gasteiger partial charge in [0, 0.05) is 11.8 Å². The van der Waals surface area contributed by atoms with Gasteiger partial charge in [0.25, 0.3) is 0 Å². The maximum atomic E-state index is 14.4. The lowest BCUT2D eigenvalue weighted by Gasteiger charge is -2.41. The van der Waals surface area contributed by atoms with Crippen LogP contribution in [0.1, 0.15) is 90.5 Å². The van der Waals surface area contributed by atoms with Gasteiger partial charge in [0.2, 0.25) is 11.8 Å². The number of pyridine rings is 1. The monoisotopic (exact) mass is 609 g/mol. The number of carbonyl (C=O) groups is 3. The molecule has 240 valence electrons. The average Bonchev–Trinajstić information content (AvgIpc) is 3.54. The number of fused-ring (bicyclic) bond motifs is 1. The number of unbranched alkanes of at least 4 members (excludes halogenated alkanes) is 2. The zero-order valence-electron chi connectivity index (χ0n) is 26.5. The Morgan fingerprint density at radius 1 is 1.14 bits per heavy atom. The first-order chi connectivity index (χ1) is 21.1. The van der Waals surface area contributed by atoms with Crippen molar-refractivity contribution in [1.82, 2.24) is 15.2 Å². The van der Waals surface area contributed by atoms with E-state index in [4.69, 9.17) is 19.2 Å². The zero-order valence-corrected chi connectivity index (χ0v) is 26.5. The third-order valence-corrected chi connectivity index (χ3v) is 9.75. The molecule has 10 nitrogen and oxygen atoms in total. The van der Waals surface area contributed by atoms with E-state index in [9.17, 15) is 19.5 Å². The quantitative estimate of drug-likeness (QED) is 0.247. The molecule has 0 spiro atoms. The van der Waals surface area contributed by atoms with Crippen LogP contribution in [-0.4, -0.2) is 70.9 Å². The number of esters is 1. The van der Waals surface area contributed by atoms with E-state index in [0.717, 1.165) is 57.8 Å². The average molecular weight is 610 g/mol. The lowest BCUT2D eigenvalue weighted by atomic mass is 9.70. The Hall–Kier alpha value is -3.56. The Balaban J connectivity index is 1.41. The Bertz CT molecular complexity index is 1360. The topological polar surface area (TPSA) is 127 Å². The molecular weight excluding hydrogens is 562 g/mol. The van der Waals surface area contributed by atoms with Crippen LogP contribution in [0, 0.1) is 11.3 Å². The van der Waals surface area contributed by atoms with Crippen LogP contribution >= 0.6 is 0 Å². The van der Waals surface area contributed by atoms with Gasteiger partial charge in [-0.25, -0.2) is 14.6 Å². The second-order valence-corrected chi connectivity index (χ2v) is 13.2. The largest absolute Gasteiger partial charge is 0.507 e. The lowest BCUT2D eigenvalue weighted by molar-refractivity contribution is -0.153. The molecule has 1 aromatic heterocycles. The molecule has 5 atom stereocenters. The molecule has 2 aromatic rings. The second-order valence-electron chi connectivity index (χ2n) is 13.2. The molecule has 1 saturated heterocycles. The van der Waals surface area contributed by atoms with E-state index >= 15 is 0 Å². The smallest absolute Gasteiger partial charge is 0.408 e. The molecule has 5 rings (SSSR count). The number of hydrogen-bond donors (Lipinski definition) is 2. The van der Waals surface area contributed by atoms with Gasteiger partial charge >= 0.3 is 12.1 Å². The first-order valence-corrected chi connectivity index (χ1v) is 16.3. The predicted octanol–water partition coefficient (Wildman–Crippen LogP) is 5.67. The first-order valence-electron chi connectivity index (χ1n) is 16.3. The van der Waals surface area contributed by atoms with Crippen molar-refractivity contribution in [2.75, 3.05) is 13.7 Å². The minimum atomic E-state index is -0.883. The molecular formula is C34H47N3O7. The van der Waals surface area contributed by atoms with Crippen molar-refractivity contribution in [3.63, 3.8) is 0 Å². The van der Waals surface area contributed by atoms with Crippen LogP contribution in [0.15, 0.2) is 24.3 Å². The van der Waals surface area contributed by atoms with Gasteiger partial charge in [-0.1, -0.05) is 65.0 Å². The summed E-state index contributed by atoms with van der Waals surface area (Å²) in [5.41, 5.74) is 0.747. The Morgan fingerprint density at radius 3 is 2.55 bits per heavy atom. The Labute approximate surface area is 259 Å². The predicted molar refractivity (Wildman–Crippen MR) is 165 cm³/mol. The molecule has 0 radical (unpaired) electrons. The number of nitrogens with one attached hydrogen (secondary N) is 1. The molecule has 2 amide bonds. The van der Waals surface area contributed by atoms with Crippen LogP contribution in [0.2, 0.25) is 0 Å². The van der Waals surface area contributed by atoms with Gasteiger partial charge in [0.1, 0.15) is 30.0 Å². The number of ether oxygens (including phenoxy) is 3. The summed E-state index contributed by atoms with van der Waals surface area (Å²) in [7, 11) is 1.31. The fourth-order valence-electron chi connectivity index (χ4n) is 6.82. The number of para-hydroxylation sites is 1. The number of rotatable bonds is 11. The molecule has 2 saturated carbocycles. The third-order valence-electron chi connectivity index (χ3n) is 9.75. The van der Waals surface area contributed by atoms with Crippen molar-refractivity contribution in [2.24, 2.45) is 11.3 Å². The maximum Gasteiger partial charge on any atom is 0.408 e. The molecule has 1 unspecified atom stereocenters. The van der Waals surface area contributed by atoms with E-state index in [-0.39, 0.29) is 30.7 Å². The number of aromatic hydroxyl groups is 1. The highest BCUT2D eigenvalue weighted by Crippen LogP contribution is 2.41. The van der Waals surface area contributed by atoms with Gasteiger partial charge in [-0.15, -0.1) is 0 Å². The summed E-state index contributed by atoms with van der Waals surface area (Å²) in [5, 5.41) is 14.8. The van der Waals surface area contributed by atoms with E-state index in [1.54, 1.807) is 0 Å². The lowest BCUT2D eigenvalue weighted by Crippen LogP contribution is -2.58. The number of hydrogen-bond acceptors (Lipinski definition) is 8. The van der Waals surface area contributed by atoms with Crippen molar-refractivity contribution in [1.29, 1.82) is 0 Å². The highest BCUT2D eigenvalue weighted by atomic mass is 16.6. The SMILES string of the molecule is CCCCCc1c(O[C@@H]2C[C@@H](C(=O)OC)N(C(=O)[C@@H](NC(=O)O[C@@H]3CC3C)C3(C)CCCCC3)C2)nc2ccccc2c1O. The normalized spacial score (nSPS) is 24.9. The third kappa shape index (κ3) is 6.89. The minimum absolute atomic E-state index is 0.116. The molecule has 2 heterocycles. The minimum Gasteiger partial charge on any atom is -0.507 e. The van der Waals surface area contributed by atoms with Gasteiger partial charge < -0.3 is 29.5 Å². The molecule has 3 fully saturated rings. The van der Waals surface area contributed by atoms with Crippen molar-refractivity contribution >= 4 is 28.9 Å².